The Balaban J connectivity index is 2.21. The van der Waals surface area contributed by atoms with Crippen LogP contribution < -0.4 is 10.1 Å². The van der Waals surface area contributed by atoms with Gasteiger partial charge in [0.15, 0.2) is 0 Å². The summed E-state index contributed by atoms with van der Waals surface area (Å²) < 4.78 is 5.58. The lowest BCUT2D eigenvalue weighted by atomic mass is 10.2. The number of benzene rings is 1. The van der Waals surface area contributed by atoms with E-state index in [1.165, 1.54) is 10.6 Å². The Morgan fingerprint density at radius 3 is 2.81 bits per heavy atom. The van der Waals surface area contributed by atoms with Crippen LogP contribution in [0.1, 0.15) is 37.8 Å². The van der Waals surface area contributed by atoms with Crippen molar-refractivity contribution in [3.8, 4) is 16.3 Å². The van der Waals surface area contributed by atoms with Crippen LogP contribution in [0.2, 0.25) is 0 Å². The third kappa shape index (κ3) is 4.29. The van der Waals surface area contributed by atoms with Gasteiger partial charge in [0.05, 0.1) is 12.3 Å². The summed E-state index contributed by atoms with van der Waals surface area (Å²) in [6.07, 6.45) is 2.13. The zero-order valence-electron chi connectivity index (χ0n) is 13.1. The van der Waals surface area contributed by atoms with Crippen molar-refractivity contribution in [2.45, 2.75) is 40.2 Å². The van der Waals surface area contributed by atoms with Crippen LogP contribution in [0.5, 0.6) is 5.75 Å². The van der Waals surface area contributed by atoms with Gasteiger partial charge in [0, 0.05) is 17.0 Å². The first-order chi connectivity index (χ1) is 10.3. The molecule has 114 valence electrons. The number of rotatable bonds is 8. The van der Waals surface area contributed by atoms with Crippen molar-refractivity contribution in [2.75, 3.05) is 13.2 Å². The molecule has 1 N–H and O–H groups in total. The maximum absolute atomic E-state index is 5.58. The van der Waals surface area contributed by atoms with Gasteiger partial charge in [0.2, 0.25) is 0 Å². The summed E-state index contributed by atoms with van der Waals surface area (Å²) in [7, 11) is 0. The van der Waals surface area contributed by atoms with E-state index in [1.54, 1.807) is 11.3 Å². The van der Waals surface area contributed by atoms with E-state index in [1.807, 2.05) is 19.1 Å². The van der Waals surface area contributed by atoms with E-state index < -0.39 is 0 Å². The van der Waals surface area contributed by atoms with Gasteiger partial charge in [-0.25, -0.2) is 4.98 Å². The second kappa shape index (κ2) is 8.15. The first kappa shape index (κ1) is 16.0. The van der Waals surface area contributed by atoms with E-state index in [0.717, 1.165) is 42.3 Å². The molecule has 1 aromatic carbocycles. The van der Waals surface area contributed by atoms with Gasteiger partial charge in [-0.2, -0.15) is 0 Å². The molecule has 2 rings (SSSR count). The van der Waals surface area contributed by atoms with Crippen LogP contribution in [0.15, 0.2) is 24.3 Å². The lowest BCUT2D eigenvalue weighted by Crippen LogP contribution is -2.13. The number of hydrogen-bond acceptors (Lipinski definition) is 4. The van der Waals surface area contributed by atoms with Crippen molar-refractivity contribution >= 4 is 11.3 Å². The maximum Gasteiger partial charge on any atom is 0.124 e. The number of nitrogens with zero attached hydrogens (tertiary/aromatic N) is 1. The molecule has 0 spiro atoms. The highest BCUT2D eigenvalue weighted by Crippen LogP contribution is 2.30. The van der Waals surface area contributed by atoms with Gasteiger partial charge in [0.1, 0.15) is 10.8 Å². The lowest BCUT2D eigenvalue weighted by Gasteiger charge is -2.03. The van der Waals surface area contributed by atoms with Gasteiger partial charge in [-0.15, -0.1) is 11.3 Å². The maximum atomic E-state index is 5.58. The Morgan fingerprint density at radius 1 is 1.24 bits per heavy atom. The van der Waals surface area contributed by atoms with Gasteiger partial charge in [-0.05, 0) is 38.4 Å². The number of aryl methyl sites for hydroxylation is 1. The second-order valence-electron chi connectivity index (χ2n) is 4.88. The average molecular weight is 304 g/mol. The first-order valence-corrected chi connectivity index (χ1v) is 8.52. The smallest absolute Gasteiger partial charge is 0.124 e. The molecule has 0 unspecified atom stereocenters. The van der Waals surface area contributed by atoms with Crippen LogP contribution in [-0.4, -0.2) is 18.1 Å². The summed E-state index contributed by atoms with van der Waals surface area (Å²) >= 11 is 1.79. The van der Waals surface area contributed by atoms with Gasteiger partial charge >= 0.3 is 0 Å². The molecule has 0 saturated carbocycles. The van der Waals surface area contributed by atoms with E-state index in [2.05, 4.69) is 31.3 Å². The van der Waals surface area contributed by atoms with E-state index in [0.29, 0.717) is 6.61 Å². The predicted molar refractivity (Wildman–Crippen MR) is 90.1 cm³/mol. The number of aromatic nitrogens is 1. The monoisotopic (exact) mass is 304 g/mol. The summed E-state index contributed by atoms with van der Waals surface area (Å²) in [6.45, 7) is 9.01. The minimum Gasteiger partial charge on any atom is -0.494 e. The fraction of sp³-hybridized carbons (Fsp3) is 0.471. The molecule has 2 aromatic rings. The van der Waals surface area contributed by atoms with Crippen molar-refractivity contribution in [1.29, 1.82) is 0 Å². The molecule has 0 aliphatic rings. The number of hydrogen-bond donors (Lipinski definition) is 1. The molecule has 0 radical (unpaired) electrons. The van der Waals surface area contributed by atoms with Crippen LogP contribution in [0, 0.1) is 0 Å². The molecule has 0 bridgehead atoms. The zero-order valence-corrected chi connectivity index (χ0v) is 13.9. The van der Waals surface area contributed by atoms with Crippen molar-refractivity contribution in [2.24, 2.45) is 0 Å². The standard InChI is InChI=1S/C17H24N2OS/c1-4-10-18-12-16-15(5-2)19-17(21-16)13-8-7-9-14(11-13)20-6-3/h7-9,11,18H,4-6,10,12H2,1-3H3. The molecule has 4 heteroatoms. The summed E-state index contributed by atoms with van der Waals surface area (Å²) in [6, 6.07) is 8.20. The topological polar surface area (TPSA) is 34.1 Å². The Bertz CT molecular complexity index is 566. The Labute approximate surface area is 131 Å². The van der Waals surface area contributed by atoms with Gasteiger partial charge in [0.25, 0.3) is 0 Å². The molecule has 3 nitrogen and oxygen atoms in total. The molecule has 1 aromatic heterocycles. The molecule has 1 heterocycles. The van der Waals surface area contributed by atoms with Crippen LogP contribution in [0.3, 0.4) is 0 Å². The minimum absolute atomic E-state index is 0.688. The van der Waals surface area contributed by atoms with Crippen LogP contribution in [0.4, 0.5) is 0 Å². The van der Waals surface area contributed by atoms with Crippen LogP contribution >= 0.6 is 11.3 Å². The predicted octanol–water partition coefficient (Wildman–Crippen LogP) is 4.27. The van der Waals surface area contributed by atoms with Gasteiger partial charge in [-0.1, -0.05) is 26.0 Å². The fourth-order valence-corrected chi connectivity index (χ4v) is 3.30. The third-order valence-corrected chi connectivity index (χ3v) is 4.36. The van der Waals surface area contributed by atoms with E-state index in [9.17, 15) is 0 Å². The van der Waals surface area contributed by atoms with Crippen LogP contribution in [-0.2, 0) is 13.0 Å². The molecule has 0 atom stereocenters. The largest absolute Gasteiger partial charge is 0.494 e. The Hall–Kier alpha value is -1.39. The SMILES string of the molecule is CCCNCc1sc(-c2cccc(OCC)c2)nc1CC. The number of ether oxygens (including phenoxy) is 1. The number of thiazole rings is 1. The zero-order chi connectivity index (χ0) is 15.1. The van der Waals surface area contributed by atoms with Crippen molar-refractivity contribution in [3.05, 3.63) is 34.8 Å². The van der Waals surface area contributed by atoms with E-state index in [4.69, 9.17) is 9.72 Å². The molecule has 0 aliphatic heterocycles. The van der Waals surface area contributed by atoms with Crippen molar-refractivity contribution in [3.63, 3.8) is 0 Å². The van der Waals surface area contributed by atoms with Crippen molar-refractivity contribution in [1.82, 2.24) is 10.3 Å². The lowest BCUT2D eigenvalue weighted by molar-refractivity contribution is 0.340. The molecule has 0 saturated heterocycles. The van der Waals surface area contributed by atoms with E-state index in [-0.39, 0.29) is 0 Å². The van der Waals surface area contributed by atoms with Gasteiger partial charge < -0.3 is 10.1 Å². The fourth-order valence-electron chi connectivity index (χ4n) is 2.19. The highest BCUT2D eigenvalue weighted by atomic mass is 32.1. The highest BCUT2D eigenvalue weighted by molar-refractivity contribution is 7.15. The first-order valence-electron chi connectivity index (χ1n) is 7.71. The third-order valence-electron chi connectivity index (χ3n) is 3.22. The van der Waals surface area contributed by atoms with Crippen molar-refractivity contribution < 1.29 is 4.74 Å². The summed E-state index contributed by atoms with van der Waals surface area (Å²) in [5.74, 6) is 0.911. The quantitative estimate of drug-likeness (QED) is 0.740. The minimum atomic E-state index is 0.688. The molecule has 0 aliphatic carbocycles. The van der Waals surface area contributed by atoms with E-state index >= 15 is 0 Å². The summed E-state index contributed by atoms with van der Waals surface area (Å²) in [5, 5.41) is 4.55. The second-order valence-corrected chi connectivity index (χ2v) is 5.96. The Kier molecular flexibility index (Phi) is 6.21. The molecular weight excluding hydrogens is 280 g/mol. The highest BCUT2D eigenvalue weighted by Gasteiger charge is 2.11. The molecule has 0 fully saturated rings. The molecular formula is C17H24N2OS. The summed E-state index contributed by atoms with van der Waals surface area (Å²) in [5.41, 5.74) is 2.35. The Morgan fingerprint density at radius 2 is 2.10 bits per heavy atom. The summed E-state index contributed by atoms with van der Waals surface area (Å²) in [4.78, 5) is 6.15. The van der Waals surface area contributed by atoms with Gasteiger partial charge in [-0.3, -0.25) is 0 Å². The molecule has 0 amide bonds. The molecule has 21 heavy (non-hydrogen) atoms. The normalized spacial score (nSPS) is 10.8. The number of nitrogens with one attached hydrogen (secondary N) is 1. The average Bonchev–Trinajstić information content (AvgIpc) is 2.91. The van der Waals surface area contributed by atoms with Crippen LogP contribution in [0.25, 0.3) is 10.6 Å².